The number of hydrogen-bond donors (Lipinski definition) is 1. The van der Waals surface area contributed by atoms with Crippen molar-refractivity contribution >= 4 is 21.6 Å². The summed E-state index contributed by atoms with van der Waals surface area (Å²) in [7, 11) is -3.60. The largest absolute Gasteiger partial charge is 0.324 e. The van der Waals surface area contributed by atoms with Crippen molar-refractivity contribution in [1.29, 1.82) is 0 Å². The van der Waals surface area contributed by atoms with Crippen LogP contribution in [0.2, 0.25) is 0 Å². The fourth-order valence-corrected chi connectivity index (χ4v) is 4.91. The number of sulfonamides is 1. The molecule has 0 spiro atoms. The molecule has 3 aromatic rings. The minimum absolute atomic E-state index is 0.170. The van der Waals surface area contributed by atoms with E-state index in [9.17, 15) is 13.2 Å². The molecule has 1 fully saturated rings. The molecule has 8 nitrogen and oxygen atoms in total. The smallest absolute Gasteiger partial charge is 0.243 e. The quantitative estimate of drug-likeness (QED) is 0.695. The molecule has 1 aliphatic heterocycles. The zero-order chi connectivity index (χ0) is 20.3. The number of carbonyl (C=O) groups excluding carboxylic acids is 1. The van der Waals surface area contributed by atoms with E-state index in [-0.39, 0.29) is 17.3 Å². The van der Waals surface area contributed by atoms with Crippen LogP contribution >= 0.6 is 0 Å². The summed E-state index contributed by atoms with van der Waals surface area (Å²) in [5, 5.41) is 2.85. The van der Waals surface area contributed by atoms with Gasteiger partial charge in [0.05, 0.1) is 22.7 Å². The fourth-order valence-electron chi connectivity index (χ4n) is 3.37. The van der Waals surface area contributed by atoms with E-state index in [1.807, 2.05) is 0 Å². The van der Waals surface area contributed by atoms with Crippen molar-refractivity contribution in [1.82, 2.24) is 18.8 Å². The first-order valence-electron chi connectivity index (χ1n) is 9.34. The van der Waals surface area contributed by atoms with Crippen LogP contribution in [-0.2, 0) is 14.8 Å². The third-order valence-corrected chi connectivity index (χ3v) is 6.80. The minimum atomic E-state index is -3.60. The average Bonchev–Trinajstić information content (AvgIpc) is 3.30. The lowest BCUT2D eigenvalue weighted by Crippen LogP contribution is -2.43. The van der Waals surface area contributed by atoms with Crippen molar-refractivity contribution in [2.24, 2.45) is 5.92 Å². The Morgan fingerprint density at radius 1 is 1.14 bits per heavy atom. The summed E-state index contributed by atoms with van der Waals surface area (Å²) < 4.78 is 28.8. The minimum Gasteiger partial charge on any atom is -0.324 e. The fraction of sp³-hybridized carbons (Fsp3) is 0.250. The highest BCUT2D eigenvalue weighted by atomic mass is 32.2. The van der Waals surface area contributed by atoms with Crippen LogP contribution in [0, 0.1) is 5.92 Å². The Hall–Kier alpha value is -3.04. The number of rotatable bonds is 5. The van der Waals surface area contributed by atoms with Crippen molar-refractivity contribution in [2.45, 2.75) is 17.7 Å². The number of anilines is 1. The lowest BCUT2D eigenvalue weighted by molar-refractivity contribution is -0.120. The molecule has 0 saturated carbocycles. The van der Waals surface area contributed by atoms with Gasteiger partial charge < -0.3 is 5.32 Å². The van der Waals surface area contributed by atoms with Gasteiger partial charge in [0.1, 0.15) is 12.1 Å². The number of pyridine rings is 1. The maximum Gasteiger partial charge on any atom is 0.243 e. The van der Waals surface area contributed by atoms with E-state index in [2.05, 4.69) is 15.3 Å². The van der Waals surface area contributed by atoms with E-state index in [1.54, 1.807) is 71.9 Å². The summed E-state index contributed by atoms with van der Waals surface area (Å²) in [4.78, 5) is 21.3. The molecule has 1 amide bonds. The first-order chi connectivity index (χ1) is 14.0. The van der Waals surface area contributed by atoms with Gasteiger partial charge in [0, 0.05) is 25.5 Å². The molecular formula is C20H21N5O3S. The number of aromatic nitrogens is 3. The van der Waals surface area contributed by atoms with Crippen molar-refractivity contribution < 1.29 is 13.2 Å². The summed E-state index contributed by atoms with van der Waals surface area (Å²) in [6.07, 6.45) is 7.95. The van der Waals surface area contributed by atoms with E-state index in [0.29, 0.717) is 30.9 Å². The lowest BCUT2D eigenvalue weighted by Gasteiger charge is -2.31. The second-order valence-electron chi connectivity index (χ2n) is 6.88. The Morgan fingerprint density at radius 3 is 2.66 bits per heavy atom. The number of nitrogens with one attached hydrogen (secondary N) is 1. The predicted molar refractivity (Wildman–Crippen MR) is 108 cm³/mol. The van der Waals surface area contributed by atoms with Gasteiger partial charge in [-0.25, -0.2) is 18.4 Å². The van der Waals surface area contributed by atoms with Crippen LogP contribution in [0.15, 0.2) is 72.3 Å². The number of imidazole rings is 1. The first-order valence-corrected chi connectivity index (χ1v) is 10.8. The average molecular weight is 411 g/mol. The van der Waals surface area contributed by atoms with Crippen LogP contribution in [0.3, 0.4) is 0 Å². The maximum atomic E-state index is 12.8. The Bertz CT molecular complexity index is 1070. The molecule has 2 aromatic heterocycles. The Kier molecular flexibility index (Phi) is 5.41. The van der Waals surface area contributed by atoms with Gasteiger partial charge in [-0.3, -0.25) is 9.36 Å². The van der Waals surface area contributed by atoms with Gasteiger partial charge in [-0.2, -0.15) is 4.31 Å². The number of benzene rings is 1. The van der Waals surface area contributed by atoms with E-state index >= 15 is 0 Å². The number of piperidine rings is 1. The van der Waals surface area contributed by atoms with Crippen LogP contribution in [0.4, 0.5) is 5.69 Å². The Balaban J connectivity index is 1.42. The molecule has 3 heterocycles. The summed E-state index contributed by atoms with van der Waals surface area (Å²) in [5.74, 6) is 0.0870. The third-order valence-electron chi connectivity index (χ3n) is 4.92. The molecule has 1 aromatic carbocycles. The van der Waals surface area contributed by atoms with Crippen molar-refractivity contribution in [2.75, 3.05) is 18.4 Å². The lowest BCUT2D eigenvalue weighted by atomic mass is 9.99. The zero-order valence-corrected chi connectivity index (χ0v) is 16.5. The second-order valence-corrected chi connectivity index (χ2v) is 8.82. The molecule has 0 aliphatic carbocycles. The molecular weight excluding hydrogens is 390 g/mol. The van der Waals surface area contributed by atoms with Crippen molar-refractivity contribution in [3.8, 4) is 5.82 Å². The van der Waals surface area contributed by atoms with Gasteiger partial charge in [-0.1, -0.05) is 18.2 Å². The first kappa shape index (κ1) is 19.3. The van der Waals surface area contributed by atoms with Crippen molar-refractivity contribution in [3.63, 3.8) is 0 Å². The van der Waals surface area contributed by atoms with Gasteiger partial charge in [0.15, 0.2) is 0 Å². The SMILES string of the molecule is O=C(Nc1ccc(-n2ccnc2)nc1)C1CCCN(S(=O)(=O)c2ccccc2)C1. The van der Waals surface area contributed by atoms with Crippen molar-refractivity contribution in [3.05, 3.63) is 67.4 Å². The van der Waals surface area contributed by atoms with E-state index in [4.69, 9.17) is 0 Å². The summed E-state index contributed by atoms with van der Waals surface area (Å²) in [6.45, 7) is 0.589. The third kappa shape index (κ3) is 4.20. The van der Waals surface area contributed by atoms with Gasteiger partial charge in [-0.15, -0.1) is 0 Å². The summed E-state index contributed by atoms with van der Waals surface area (Å²) in [5.41, 5.74) is 0.571. The highest BCUT2D eigenvalue weighted by molar-refractivity contribution is 7.89. The van der Waals surface area contributed by atoms with Crippen LogP contribution in [0.1, 0.15) is 12.8 Å². The number of nitrogens with zero attached hydrogens (tertiary/aromatic N) is 4. The standard InChI is InChI=1S/C20H21N5O3S/c26-20(23-17-8-9-19(22-13-17)24-12-10-21-15-24)16-5-4-11-25(14-16)29(27,28)18-6-2-1-3-7-18/h1-3,6-10,12-13,15-16H,4-5,11,14H2,(H,23,26). The van der Waals surface area contributed by atoms with E-state index in [0.717, 1.165) is 0 Å². The van der Waals surface area contributed by atoms with E-state index in [1.165, 1.54) is 4.31 Å². The molecule has 1 saturated heterocycles. The van der Waals surface area contributed by atoms with Gasteiger partial charge in [0.2, 0.25) is 15.9 Å². The normalized spacial score (nSPS) is 17.7. The molecule has 1 N–H and O–H groups in total. The van der Waals surface area contributed by atoms with Gasteiger partial charge in [-0.05, 0) is 37.1 Å². The topological polar surface area (TPSA) is 97.2 Å². The molecule has 1 atom stereocenters. The number of carbonyl (C=O) groups is 1. The molecule has 150 valence electrons. The molecule has 29 heavy (non-hydrogen) atoms. The summed E-state index contributed by atoms with van der Waals surface area (Å²) in [6, 6.07) is 11.9. The Morgan fingerprint density at radius 2 is 1.97 bits per heavy atom. The maximum absolute atomic E-state index is 12.8. The van der Waals surface area contributed by atoms with Crippen LogP contribution < -0.4 is 5.32 Å². The highest BCUT2D eigenvalue weighted by Gasteiger charge is 2.33. The molecule has 1 aliphatic rings. The Labute approximate surface area is 169 Å². The zero-order valence-electron chi connectivity index (χ0n) is 15.7. The number of hydrogen-bond acceptors (Lipinski definition) is 5. The monoisotopic (exact) mass is 411 g/mol. The predicted octanol–water partition coefficient (Wildman–Crippen LogP) is 2.31. The van der Waals surface area contributed by atoms with Gasteiger partial charge in [0.25, 0.3) is 0 Å². The molecule has 4 rings (SSSR count). The van der Waals surface area contributed by atoms with Gasteiger partial charge >= 0.3 is 0 Å². The molecule has 1 unspecified atom stereocenters. The van der Waals surface area contributed by atoms with Crippen LogP contribution in [0.5, 0.6) is 0 Å². The van der Waals surface area contributed by atoms with Crippen LogP contribution in [-0.4, -0.2) is 46.3 Å². The molecule has 0 bridgehead atoms. The summed E-state index contributed by atoms with van der Waals surface area (Å²) >= 11 is 0. The van der Waals surface area contributed by atoms with Crippen LogP contribution in [0.25, 0.3) is 5.82 Å². The number of amides is 1. The molecule has 0 radical (unpaired) electrons. The molecule has 9 heteroatoms. The second kappa shape index (κ2) is 8.14. The highest BCUT2D eigenvalue weighted by Crippen LogP contribution is 2.24. The van der Waals surface area contributed by atoms with E-state index < -0.39 is 15.9 Å².